The van der Waals surface area contributed by atoms with Gasteiger partial charge in [-0.05, 0) is 102 Å². The van der Waals surface area contributed by atoms with Crippen LogP contribution >= 0.6 is 0 Å². The second kappa shape index (κ2) is 8.77. The Bertz CT molecular complexity index is 1190. The largest absolute Gasteiger partial charge is 0.460 e. The number of hydrogen-bond donors (Lipinski definition) is 1. The normalized spacial score (nSPS) is 24.3. The molecule has 7 heteroatoms. The summed E-state index contributed by atoms with van der Waals surface area (Å²) < 4.78 is 10.3. The molecule has 0 bridgehead atoms. The molecule has 3 heterocycles. The van der Waals surface area contributed by atoms with Crippen molar-refractivity contribution in [2.45, 2.75) is 90.2 Å². The highest BCUT2D eigenvalue weighted by atomic mass is 16.6. The fraction of sp³-hybridized carbons (Fsp3) is 0.607. The number of carbonyl (C=O) groups is 3. The fourth-order valence-electron chi connectivity index (χ4n) is 6.79. The number of ether oxygens (including phenoxy) is 2. The number of benzene rings is 1. The van der Waals surface area contributed by atoms with Crippen LogP contribution in [0.4, 0.5) is 0 Å². The number of aryl methyl sites for hydroxylation is 1. The number of nitrogens with zero attached hydrogens (tertiary/aromatic N) is 1. The van der Waals surface area contributed by atoms with E-state index in [-0.39, 0.29) is 5.54 Å². The van der Waals surface area contributed by atoms with Crippen molar-refractivity contribution in [2.24, 2.45) is 5.92 Å². The van der Waals surface area contributed by atoms with E-state index >= 15 is 0 Å². The Morgan fingerprint density at radius 3 is 2.66 bits per heavy atom. The van der Waals surface area contributed by atoms with Gasteiger partial charge in [-0.1, -0.05) is 12.5 Å². The van der Waals surface area contributed by atoms with Crippen molar-refractivity contribution >= 4 is 28.8 Å². The number of rotatable bonds is 3. The molecule has 1 spiro atoms. The summed E-state index contributed by atoms with van der Waals surface area (Å²) in [5.74, 6) is -1.74. The Labute approximate surface area is 206 Å². The van der Waals surface area contributed by atoms with Crippen molar-refractivity contribution in [3.05, 3.63) is 34.5 Å². The number of carbonyl (C=O) groups excluding carboxylic acids is 3. The molecule has 0 saturated carbocycles. The predicted octanol–water partition coefficient (Wildman–Crippen LogP) is 4.62. The van der Waals surface area contributed by atoms with E-state index in [1.807, 2.05) is 13.0 Å². The van der Waals surface area contributed by atoms with Crippen molar-refractivity contribution in [2.75, 3.05) is 13.1 Å². The number of aromatic amines is 1. The van der Waals surface area contributed by atoms with E-state index in [1.54, 1.807) is 20.8 Å². The Hall–Kier alpha value is -2.67. The lowest BCUT2D eigenvalue weighted by Crippen LogP contribution is -2.62. The van der Waals surface area contributed by atoms with E-state index in [2.05, 4.69) is 16.0 Å². The quantitative estimate of drug-likeness (QED) is 0.509. The average Bonchev–Trinajstić information content (AvgIpc) is 3.11. The van der Waals surface area contributed by atoms with Crippen LogP contribution in [0, 0.1) is 12.8 Å². The summed E-state index contributed by atoms with van der Waals surface area (Å²) in [6.45, 7) is 9.38. The Morgan fingerprint density at radius 2 is 1.89 bits per heavy atom. The lowest BCUT2D eigenvalue weighted by atomic mass is 9.62. The maximum absolute atomic E-state index is 13.2. The van der Waals surface area contributed by atoms with Gasteiger partial charge in [-0.3, -0.25) is 14.5 Å². The summed E-state index contributed by atoms with van der Waals surface area (Å²) >= 11 is 0. The van der Waals surface area contributed by atoms with Crippen molar-refractivity contribution in [1.82, 2.24) is 9.88 Å². The Kier molecular flexibility index (Phi) is 6.02. The molecule has 7 nitrogen and oxygen atoms in total. The van der Waals surface area contributed by atoms with Crippen LogP contribution in [0.2, 0.25) is 0 Å². The van der Waals surface area contributed by atoms with Crippen LogP contribution in [0.25, 0.3) is 10.9 Å². The number of aromatic nitrogens is 1. The zero-order chi connectivity index (χ0) is 25.0. The highest BCUT2D eigenvalue weighted by Crippen LogP contribution is 2.49. The summed E-state index contributed by atoms with van der Waals surface area (Å²) in [5.41, 5.74) is 4.01. The molecule has 3 aliphatic rings. The summed E-state index contributed by atoms with van der Waals surface area (Å²) in [5, 5.41) is 0.873. The third kappa shape index (κ3) is 4.39. The molecule has 188 valence electrons. The molecule has 0 radical (unpaired) electrons. The van der Waals surface area contributed by atoms with Gasteiger partial charge in [-0.2, -0.15) is 0 Å². The van der Waals surface area contributed by atoms with Crippen molar-refractivity contribution in [3.63, 3.8) is 0 Å². The van der Waals surface area contributed by atoms with Crippen molar-refractivity contribution in [3.8, 4) is 0 Å². The molecule has 1 N–H and O–H groups in total. The minimum atomic E-state index is -0.896. The molecular weight excluding hydrogens is 444 g/mol. The Balaban J connectivity index is 1.44. The molecule has 2 aliphatic heterocycles. The van der Waals surface area contributed by atoms with Crippen molar-refractivity contribution in [1.29, 1.82) is 0 Å². The zero-order valence-corrected chi connectivity index (χ0v) is 21.3. The standard InChI is InChI=1S/C28H36N2O5/c1-17-24(26(33)34-22(31)15-23(32)35-27(2,3)4)25-20-14-19-8-7-13-30-12-6-5-11-28(19,30)16-18(20)9-10-21(25)29-17/h9-10,19,29H,5-8,11-16H2,1-4H3. The first-order valence-electron chi connectivity index (χ1n) is 12.9. The van der Waals surface area contributed by atoms with E-state index in [0.29, 0.717) is 17.2 Å². The topological polar surface area (TPSA) is 88.7 Å². The predicted molar refractivity (Wildman–Crippen MR) is 132 cm³/mol. The van der Waals surface area contributed by atoms with Crippen LogP contribution in [0.3, 0.4) is 0 Å². The number of nitrogens with one attached hydrogen (secondary N) is 1. The summed E-state index contributed by atoms with van der Waals surface area (Å²) in [4.78, 5) is 43.6. The number of H-pyrrole nitrogens is 1. The van der Waals surface area contributed by atoms with E-state index < -0.39 is 29.9 Å². The lowest BCUT2D eigenvalue weighted by Gasteiger charge is -2.57. The second-order valence-electron chi connectivity index (χ2n) is 11.5. The highest BCUT2D eigenvalue weighted by molar-refractivity contribution is 6.11. The summed E-state index contributed by atoms with van der Waals surface area (Å²) in [6.07, 6.45) is 7.60. The number of fused-ring (bicyclic) bond motifs is 3. The summed E-state index contributed by atoms with van der Waals surface area (Å²) in [7, 11) is 0. The molecule has 0 amide bonds. The fourth-order valence-corrected chi connectivity index (χ4v) is 6.79. The zero-order valence-electron chi connectivity index (χ0n) is 21.3. The summed E-state index contributed by atoms with van der Waals surface area (Å²) in [6, 6.07) is 4.26. The minimum Gasteiger partial charge on any atom is -0.460 e. The van der Waals surface area contributed by atoms with Crippen molar-refractivity contribution < 1.29 is 23.9 Å². The molecule has 5 rings (SSSR count). The van der Waals surface area contributed by atoms with Gasteiger partial charge in [0.2, 0.25) is 0 Å². The highest BCUT2D eigenvalue weighted by Gasteiger charge is 2.49. The van der Waals surface area contributed by atoms with Gasteiger partial charge in [0.15, 0.2) is 0 Å². The SMILES string of the molecule is Cc1[nH]c2ccc3c(c2c1C(=O)OC(=O)CC(=O)OC(C)(C)C)CC1CCCN2CCCCC12C3. The van der Waals surface area contributed by atoms with Crippen LogP contribution < -0.4 is 0 Å². The first kappa shape index (κ1) is 24.0. The molecule has 2 saturated heterocycles. The third-order valence-electron chi connectivity index (χ3n) is 8.08. The smallest absolute Gasteiger partial charge is 0.348 e. The first-order valence-corrected chi connectivity index (χ1v) is 12.9. The molecule has 2 fully saturated rings. The van der Waals surface area contributed by atoms with E-state index in [0.717, 1.165) is 23.7 Å². The van der Waals surface area contributed by atoms with Crippen LogP contribution in [0.15, 0.2) is 12.1 Å². The van der Waals surface area contributed by atoms with E-state index in [4.69, 9.17) is 9.47 Å². The molecule has 1 aromatic carbocycles. The first-order chi connectivity index (χ1) is 16.6. The Morgan fingerprint density at radius 1 is 1.11 bits per heavy atom. The molecule has 1 aromatic heterocycles. The minimum absolute atomic E-state index is 0.243. The molecular formula is C28H36N2O5. The third-order valence-corrected chi connectivity index (χ3v) is 8.08. The maximum Gasteiger partial charge on any atom is 0.348 e. The van der Waals surface area contributed by atoms with Gasteiger partial charge in [0.1, 0.15) is 12.0 Å². The van der Waals surface area contributed by atoms with E-state index in [9.17, 15) is 14.4 Å². The van der Waals surface area contributed by atoms with Gasteiger partial charge >= 0.3 is 17.9 Å². The number of piperidine rings is 2. The second-order valence-corrected chi connectivity index (χ2v) is 11.5. The van der Waals surface area contributed by atoms with Gasteiger partial charge in [-0.25, -0.2) is 4.79 Å². The van der Waals surface area contributed by atoms with Gasteiger partial charge in [0.25, 0.3) is 0 Å². The van der Waals surface area contributed by atoms with Crippen LogP contribution in [0.1, 0.15) is 86.5 Å². The maximum atomic E-state index is 13.2. The molecule has 35 heavy (non-hydrogen) atoms. The average molecular weight is 481 g/mol. The van der Waals surface area contributed by atoms with Gasteiger partial charge < -0.3 is 14.5 Å². The van der Waals surface area contributed by atoms with Gasteiger partial charge in [-0.15, -0.1) is 0 Å². The molecule has 2 aromatic rings. The number of hydrogen-bond acceptors (Lipinski definition) is 6. The number of esters is 3. The molecule has 2 unspecified atom stereocenters. The van der Waals surface area contributed by atoms with Gasteiger partial charge in [0, 0.05) is 22.1 Å². The van der Waals surface area contributed by atoms with Gasteiger partial charge in [0.05, 0.1) is 5.56 Å². The van der Waals surface area contributed by atoms with Crippen LogP contribution in [0.5, 0.6) is 0 Å². The molecule has 1 aliphatic carbocycles. The molecule has 2 atom stereocenters. The lowest BCUT2D eigenvalue weighted by molar-refractivity contribution is -0.159. The van der Waals surface area contributed by atoms with Crippen LogP contribution in [-0.2, 0) is 31.9 Å². The van der Waals surface area contributed by atoms with Crippen LogP contribution in [-0.4, -0.2) is 52.0 Å². The monoisotopic (exact) mass is 480 g/mol. The van der Waals surface area contributed by atoms with E-state index in [1.165, 1.54) is 56.3 Å².